The third kappa shape index (κ3) is 2.95. The number of hydrogen-bond donors (Lipinski definition) is 1. The van der Waals surface area contributed by atoms with E-state index in [9.17, 15) is 4.39 Å². The Morgan fingerprint density at radius 2 is 2.05 bits per heavy atom. The number of hydrogen-bond acceptors (Lipinski definition) is 3. The van der Waals surface area contributed by atoms with E-state index in [1.165, 1.54) is 6.07 Å². The van der Waals surface area contributed by atoms with E-state index in [1.807, 2.05) is 31.2 Å². The first-order valence-electron chi connectivity index (χ1n) is 6.25. The van der Waals surface area contributed by atoms with E-state index in [2.05, 4.69) is 0 Å². The molecule has 0 aromatic heterocycles. The van der Waals surface area contributed by atoms with E-state index in [4.69, 9.17) is 15.7 Å². The van der Waals surface area contributed by atoms with E-state index in [0.717, 1.165) is 11.1 Å². The lowest BCUT2D eigenvalue weighted by Crippen LogP contribution is -2.05. The minimum Gasteiger partial charge on any atom is -0.488 e. The molecule has 0 aliphatic heterocycles. The number of nitrogens with zero attached hydrogens (tertiary/aromatic N) is 1. The summed E-state index contributed by atoms with van der Waals surface area (Å²) in [5.74, 6) is 0.108. The van der Waals surface area contributed by atoms with E-state index in [-0.39, 0.29) is 12.2 Å². The molecule has 2 aromatic rings. The number of benzene rings is 2. The van der Waals surface area contributed by atoms with Crippen molar-refractivity contribution in [2.24, 2.45) is 5.73 Å². The Kier molecular flexibility index (Phi) is 4.34. The monoisotopic (exact) mass is 270 g/mol. The van der Waals surface area contributed by atoms with Gasteiger partial charge in [-0.1, -0.05) is 29.8 Å². The van der Waals surface area contributed by atoms with Crippen molar-refractivity contribution in [2.45, 2.75) is 20.1 Å². The van der Waals surface area contributed by atoms with Gasteiger partial charge in [-0.2, -0.15) is 5.26 Å². The average Bonchev–Trinajstić information content (AvgIpc) is 2.47. The molecule has 102 valence electrons. The molecule has 0 aliphatic carbocycles. The molecule has 0 spiro atoms. The van der Waals surface area contributed by atoms with Crippen molar-refractivity contribution in [1.82, 2.24) is 0 Å². The maximum Gasteiger partial charge on any atom is 0.147 e. The van der Waals surface area contributed by atoms with Gasteiger partial charge in [0.05, 0.1) is 5.56 Å². The number of nitrogens with two attached hydrogens (primary N) is 1. The fourth-order valence-electron chi connectivity index (χ4n) is 1.94. The predicted octanol–water partition coefficient (Wildman–Crippen LogP) is 3.04. The minimum atomic E-state index is -0.531. The van der Waals surface area contributed by atoms with Crippen molar-refractivity contribution in [1.29, 1.82) is 5.26 Å². The second-order valence-electron chi connectivity index (χ2n) is 4.49. The standard InChI is InChI=1S/C16H15FN2O/c1-11-5-6-15(14(7-11)9-19)20-10-13-4-2-3-12(8-18)16(13)17/h2-7H,9-10,19H2,1H3. The molecule has 0 radical (unpaired) electrons. The number of nitriles is 1. The molecular weight excluding hydrogens is 255 g/mol. The molecule has 0 bridgehead atoms. The van der Waals surface area contributed by atoms with Crippen LogP contribution in [-0.4, -0.2) is 0 Å². The van der Waals surface area contributed by atoms with Crippen LogP contribution >= 0.6 is 0 Å². The maximum absolute atomic E-state index is 13.9. The lowest BCUT2D eigenvalue weighted by atomic mass is 10.1. The normalized spacial score (nSPS) is 10.1. The highest BCUT2D eigenvalue weighted by Crippen LogP contribution is 2.22. The van der Waals surface area contributed by atoms with Gasteiger partial charge in [-0.25, -0.2) is 4.39 Å². The van der Waals surface area contributed by atoms with Gasteiger partial charge in [0.15, 0.2) is 0 Å². The fourth-order valence-corrected chi connectivity index (χ4v) is 1.94. The van der Waals surface area contributed by atoms with Crippen LogP contribution in [0.4, 0.5) is 4.39 Å². The summed E-state index contributed by atoms with van der Waals surface area (Å²) in [5, 5.41) is 8.79. The Morgan fingerprint density at radius 1 is 1.25 bits per heavy atom. The Morgan fingerprint density at radius 3 is 2.75 bits per heavy atom. The van der Waals surface area contributed by atoms with Crippen molar-refractivity contribution in [3.8, 4) is 11.8 Å². The summed E-state index contributed by atoms with van der Waals surface area (Å²) in [4.78, 5) is 0. The summed E-state index contributed by atoms with van der Waals surface area (Å²) in [5.41, 5.74) is 8.01. The summed E-state index contributed by atoms with van der Waals surface area (Å²) in [7, 11) is 0. The lowest BCUT2D eigenvalue weighted by Gasteiger charge is -2.12. The number of halogens is 1. The molecule has 2 N–H and O–H groups in total. The largest absolute Gasteiger partial charge is 0.488 e. The van der Waals surface area contributed by atoms with Crippen molar-refractivity contribution in [3.63, 3.8) is 0 Å². The molecule has 0 saturated heterocycles. The van der Waals surface area contributed by atoms with Crippen LogP contribution in [0.1, 0.15) is 22.3 Å². The first kappa shape index (κ1) is 14.0. The van der Waals surface area contributed by atoms with Crippen molar-refractivity contribution >= 4 is 0 Å². The highest BCUT2D eigenvalue weighted by molar-refractivity contribution is 5.38. The molecule has 0 aliphatic rings. The molecule has 0 amide bonds. The Balaban J connectivity index is 2.19. The highest BCUT2D eigenvalue weighted by Gasteiger charge is 2.09. The van der Waals surface area contributed by atoms with Crippen LogP contribution in [0, 0.1) is 24.1 Å². The highest BCUT2D eigenvalue weighted by atomic mass is 19.1. The summed E-state index contributed by atoms with van der Waals surface area (Å²) >= 11 is 0. The molecule has 2 aromatic carbocycles. The zero-order valence-corrected chi connectivity index (χ0v) is 11.2. The van der Waals surface area contributed by atoms with Gasteiger partial charge in [0.1, 0.15) is 24.2 Å². The number of rotatable bonds is 4. The van der Waals surface area contributed by atoms with E-state index >= 15 is 0 Å². The van der Waals surface area contributed by atoms with Crippen molar-refractivity contribution in [3.05, 3.63) is 64.5 Å². The summed E-state index contributed by atoms with van der Waals surface area (Å²) < 4.78 is 19.5. The van der Waals surface area contributed by atoms with Gasteiger partial charge in [-0.05, 0) is 19.1 Å². The van der Waals surface area contributed by atoms with E-state index in [0.29, 0.717) is 17.9 Å². The third-order valence-electron chi connectivity index (χ3n) is 3.02. The second-order valence-corrected chi connectivity index (χ2v) is 4.49. The fraction of sp³-hybridized carbons (Fsp3) is 0.188. The molecule has 0 atom stereocenters. The van der Waals surface area contributed by atoms with Crippen molar-refractivity contribution in [2.75, 3.05) is 0 Å². The van der Waals surface area contributed by atoms with Crippen LogP contribution in [0.5, 0.6) is 5.75 Å². The molecule has 20 heavy (non-hydrogen) atoms. The predicted molar refractivity (Wildman–Crippen MR) is 74.5 cm³/mol. The molecule has 3 nitrogen and oxygen atoms in total. The summed E-state index contributed by atoms with van der Waals surface area (Å²) in [6.07, 6.45) is 0. The molecule has 0 fully saturated rings. The quantitative estimate of drug-likeness (QED) is 0.929. The second kappa shape index (κ2) is 6.18. The summed E-state index contributed by atoms with van der Waals surface area (Å²) in [6, 6.07) is 12.2. The zero-order chi connectivity index (χ0) is 14.5. The smallest absolute Gasteiger partial charge is 0.147 e. The van der Waals surface area contributed by atoms with E-state index < -0.39 is 5.82 Å². The van der Waals surface area contributed by atoms with Gasteiger partial charge in [0.2, 0.25) is 0 Å². The maximum atomic E-state index is 13.9. The van der Waals surface area contributed by atoms with Crippen LogP contribution in [0.2, 0.25) is 0 Å². The van der Waals surface area contributed by atoms with Gasteiger partial charge >= 0.3 is 0 Å². The van der Waals surface area contributed by atoms with Gasteiger partial charge < -0.3 is 10.5 Å². The first-order valence-corrected chi connectivity index (χ1v) is 6.25. The van der Waals surface area contributed by atoms with Crippen LogP contribution < -0.4 is 10.5 Å². The van der Waals surface area contributed by atoms with Crippen LogP contribution in [0.25, 0.3) is 0 Å². The average molecular weight is 270 g/mol. The Labute approximate surface area is 117 Å². The number of ether oxygens (including phenoxy) is 1. The number of aryl methyl sites for hydroxylation is 1. The Bertz CT molecular complexity index is 662. The molecule has 0 unspecified atom stereocenters. The minimum absolute atomic E-state index is 0.0223. The Hall–Kier alpha value is -2.38. The molecule has 2 rings (SSSR count). The van der Waals surface area contributed by atoms with Crippen LogP contribution in [0.3, 0.4) is 0 Å². The molecule has 0 heterocycles. The molecular formula is C16H15FN2O. The zero-order valence-electron chi connectivity index (χ0n) is 11.2. The SMILES string of the molecule is Cc1ccc(OCc2cccc(C#N)c2F)c(CN)c1. The third-order valence-corrected chi connectivity index (χ3v) is 3.02. The van der Waals surface area contributed by atoms with Gasteiger partial charge in [0.25, 0.3) is 0 Å². The molecule has 0 saturated carbocycles. The van der Waals surface area contributed by atoms with Crippen molar-refractivity contribution < 1.29 is 9.13 Å². The van der Waals surface area contributed by atoms with Crippen LogP contribution in [0.15, 0.2) is 36.4 Å². The lowest BCUT2D eigenvalue weighted by molar-refractivity contribution is 0.296. The topological polar surface area (TPSA) is 59.0 Å². The van der Waals surface area contributed by atoms with Crippen LogP contribution in [-0.2, 0) is 13.2 Å². The van der Waals surface area contributed by atoms with Gasteiger partial charge in [-0.3, -0.25) is 0 Å². The van der Waals surface area contributed by atoms with E-state index in [1.54, 1.807) is 12.1 Å². The van der Waals surface area contributed by atoms with Gasteiger partial charge in [0, 0.05) is 17.7 Å². The molecule has 4 heteroatoms. The van der Waals surface area contributed by atoms with Gasteiger partial charge in [-0.15, -0.1) is 0 Å². The summed E-state index contributed by atoms with van der Waals surface area (Å²) in [6.45, 7) is 2.40. The first-order chi connectivity index (χ1) is 9.65.